The SMILES string of the molecule is CNCC1CN(C(=O)Nc2ccc([N+](=O)[O-])cc2)CCO1. The highest BCUT2D eigenvalue weighted by Gasteiger charge is 2.23. The van der Waals surface area contributed by atoms with Crippen molar-refractivity contribution >= 4 is 17.4 Å². The zero-order valence-corrected chi connectivity index (χ0v) is 11.7. The summed E-state index contributed by atoms with van der Waals surface area (Å²) in [5, 5.41) is 16.3. The van der Waals surface area contributed by atoms with Crippen molar-refractivity contribution < 1.29 is 14.5 Å². The molecule has 8 heteroatoms. The van der Waals surface area contributed by atoms with Crippen LogP contribution in [-0.4, -0.2) is 55.2 Å². The topological polar surface area (TPSA) is 96.7 Å². The van der Waals surface area contributed by atoms with E-state index in [1.165, 1.54) is 24.3 Å². The predicted octanol–water partition coefficient (Wildman–Crippen LogP) is 1.05. The normalized spacial score (nSPS) is 18.3. The van der Waals surface area contributed by atoms with Crippen LogP contribution < -0.4 is 10.6 Å². The number of nitrogens with zero attached hydrogens (tertiary/aromatic N) is 2. The smallest absolute Gasteiger partial charge is 0.322 e. The van der Waals surface area contributed by atoms with Crippen molar-refractivity contribution in [3.05, 3.63) is 34.4 Å². The highest BCUT2D eigenvalue weighted by atomic mass is 16.6. The molecule has 0 aliphatic carbocycles. The van der Waals surface area contributed by atoms with Crippen molar-refractivity contribution in [2.24, 2.45) is 0 Å². The first-order valence-corrected chi connectivity index (χ1v) is 6.66. The third-order valence-corrected chi connectivity index (χ3v) is 3.19. The molecule has 1 heterocycles. The molecular weight excluding hydrogens is 276 g/mol. The van der Waals surface area contributed by atoms with Crippen LogP contribution in [0.3, 0.4) is 0 Å². The average Bonchev–Trinajstić information content (AvgIpc) is 2.48. The molecule has 2 rings (SSSR count). The summed E-state index contributed by atoms with van der Waals surface area (Å²) in [6, 6.07) is 5.52. The number of anilines is 1. The van der Waals surface area contributed by atoms with E-state index in [1.807, 2.05) is 7.05 Å². The Labute approximate surface area is 122 Å². The Balaban J connectivity index is 1.92. The number of ether oxygens (including phenoxy) is 1. The first kappa shape index (κ1) is 15.2. The lowest BCUT2D eigenvalue weighted by atomic mass is 10.2. The van der Waals surface area contributed by atoms with Crippen molar-refractivity contribution in [2.45, 2.75) is 6.10 Å². The lowest BCUT2D eigenvalue weighted by Gasteiger charge is -2.32. The molecule has 114 valence electrons. The fraction of sp³-hybridized carbons (Fsp3) is 0.462. The fourth-order valence-electron chi connectivity index (χ4n) is 2.12. The lowest BCUT2D eigenvalue weighted by molar-refractivity contribution is -0.384. The molecule has 0 saturated carbocycles. The summed E-state index contributed by atoms with van der Waals surface area (Å²) in [6.07, 6.45) is -0.0219. The largest absolute Gasteiger partial charge is 0.373 e. The predicted molar refractivity (Wildman–Crippen MR) is 77.4 cm³/mol. The molecule has 1 fully saturated rings. The van der Waals surface area contributed by atoms with Crippen molar-refractivity contribution in [1.29, 1.82) is 0 Å². The molecular formula is C13H18N4O4. The van der Waals surface area contributed by atoms with Crippen LogP contribution in [0.2, 0.25) is 0 Å². The van der Waals surface area contributed by atoms with Gasteiger partial charge in [0.15, 0.2) is 0 Å². The number of benzene rings is 1. The third kappa shape index (κ3) is 4.14. The van der Waals surface area contributed by atoms with Gasteiger partial charge in [-0.25, -0.2) is 4.79 Å². The number of urea groups is 1. The maximum atomic E-state index is 12.1. The second-order valence-electron chi connectivity index (χ2n) is 4.73. The van der Waals surface area contributed by atoms with Gasteiger partial charge < -0.3 is 20.3 Å². The summed E-state index contributed by atoms with van der Waals surface area (Å²) in [7, 11) is 1.83. The number of nitrogens with one attached hydrogen (secondary N) is 2. The zero-order valence-electron chi connectivity index (χ0n) is 11.7. The molecule has 2 N–H and O–H groups in total. The molecule has 1 aliphatic rings. The van der Waals surface area contributed by atoms with Gasteiger partial charge in [0, 0.05) is 37.5 Å². The van der Waals surface area contributed by atoms with Crippen LogP contribution in [0.4, 0.5) is 16.2 Å². The minimum absolute atomic E-state index is 0.00606. The third-order valence-electron chi connectivity index (χ3n) is 3.19. The molecule has 0 radical (unpaired) electrons. The second-order valence-corrected chi connectivity index (χ2v) is 4.73. The Morgan fingerprint density at radius 1 is 1.48 bits per heavy atom. The van der Waals surface area contributed by atoms with Gasteiger partial charge in [-0.05, 0) is 19.2 Å². The molecule has 0 spiro atoms. The Hall–Kier alpha value is -2.19. The van der Waals surface area contributed by atoms with E-state index in [2.05, 4.69) is 10.6 Å². The average molecular weight is 294 g/mol. The molecule has 0 aromatic heterocycles. The van der Waals surface area contributed by atoms with Gasteiger partial charge in [0.25, 0.3) is 5.69 Å². The molecule has 1 saturated heterocycles. The van der Waals surface area contributed by atoms with E-state index in [9.17, 15) is 14.9 Å². The maximum absolute atomic E-state index is 12.1. The Kier molecular flexibility index (Phi) is 5.07. The van der Waals surface area contributed by atoms with Crippen LogP contribution in [0.5, 0.6) is 0 Å². The van der Waals surface area contributed by atoms with Crippen LogP contribution in [0.15, 0.2) is 24.3 Å². The van der Waals surface area contributed by atoms with E-state index < -0.39 is 4.92 Å². The number of carbonyl (C=O) groups excluding carboxylic acids is 1. The van der Waals surface area contributed by atoms with Gasteiger partial charge in [-0.2, -0.15) is 0 Å². The van der Waals surface area contributed by atoms with Crippen LogP contribution in [0, 0.1) is 10.1 Å². The first-order chi connectivity index (χ1) is 10.1. The highest BCUT2D eigenvalue weighted by Crippen LogP contribution is 2.16. The second kappa shape index (κ2) is 7.00. The van der Waals surface area contributed by atoms with Gasteiger partial charge in [-0.15, -0.1) is 0 Å². The summed E-state index contributed by atoms with van der Waals surface area (Å²) in [6.45, 7) is 2.22. The minimum atomic E-state index is -0.476. The summed E-state index contributed by atoms with van der Waals surface area (Å²) in [4.78, 5) is 23.9. The number of carbonyl (C=O) groups is 1. The number of morpholine rings is 1. The molecule has 2 amide bonds. The quantitative estimate of drug-likeness (QED) is 0.639. The van der Waals surface area contributed by atoms with Crippen molar-refractivity contribution in [3.63, 3.8) is 0 Å². The first-order valence-electron chi connectivity index (χ1n) is 6.66. The van der Waals surface area contributed by atoms with Gasteiger partial charge in [0.2, 0.25) is 0 Å². The molecule has 1 aliphatic heterocycles. The van der Waals surface area contributed by atoms with Crippen LogP contribution >= 0.6 is 0 Å². The van der Waals surface area contributed by atoms with Gasteiger partial charge in [0.1, 0.15) is 0 Å². The Bertz CT molecular complexity index is 503. The van der Waals surface area contributed by atoms with E-state index in [0.717, 1.165) is 0 Å². The molecule has 0 bridgehead atoms. The van der Waals surface area contributed by atoms with Gasteiger partial charge >= 0.3 is 6.03 Å². The van der Waals surface area contributed by atoms with E-state index in [1.54, 1.807) is 4.90 Å². The van der Waals surface area contributed by atoms with Gasteiger partial charge in [-0.1, -0.05) is 0 Å². The monoisotopic (exact) mass is 294 g/mol. The molecule has 1 atom stereocenters. The van der Waals surface area contributed by atoms with Crippen molar-refractivity contribution in [1.82, 2.24) is 10.2 Å². The summed E-state index contributed by atoms with van der Waals surface area (Å²) < 4.78 is 5.53. The standard InChI is InChI=1S/C13H18N4O4/c1-14-8-12-9-16(6-7-21-12)13(18)15-10-2-4-11(5-3-10)17(19)20/h2-5,12,14H,6-9H2,1H3,(H,15,18). The number of likely N-dealkylation sites (N-methyl/N-ethyl adjacent to an activating group) is 1. The van der Waals surface area contributed by atoms with E-state index in [4.69, 9.17) is 4.74 Å². The van der Waals surface area contributed by atoms with Crippen molar-refractivity contribution in [2.75, 3.05) is 38.6 Å². The lowest BCUT2D eigenvalue weighted by Crippen LogP contribution is -2.49. The molecule has 1 unspecified atom stereocenters. The molecule has 21 heavy (non-hydrogen) atoms. The summed E-state index contributed by atoms with van der Waals surface area (Å²) in [5.74, 6) is 0. The van der Waals surface area contributed by atoms with Gasteiger partial charge in [0.05, 0.1) is 17.6 Å². The number of hydrogen-bond donors (Lipinski definition) is 2. The van der Waals surface area contributed by atoms with Gasteiger partial charge in [-0.3, -0.25) is 10.1 Å². The number of hydrogen-bond acceptors (Lipinski definition) is 5. The molecule has 8 nitrogen and oxygen atoms in total. The Morgan fingerprint density at radius 2 is 2.19 bits per heavy atom. The van der Waals surface area contributed by atoms with E-state index in [0.29, 0.717) is 31.9 Å². The van der Waals surface area contributed by atoms with Crippen LogP contribution in [0.25, 0.3) is 0 Å². The van der Waals surface area contributed by atoms with Crippen LogP contribution in [0.1, 0.15) is 0 Å². The maximum Gasteiger partial charge on any atom is 0.322 e. The number of nitro benzene ring substituents is 1. The van der Waals surface area contributed by atoms with Crippen LogP contribution in [-0.2, 0) is 4.74 Å². The van der Waals surface area contributed by atoms with E-state index >= 15 is 0 Å². The molecule has 1 aromatic rings. The Morgan fingerprint density at radius 3 is 2.81 bits per heavy atom. The summed E-state index contributed by atoms with van der Waals surface area (Å²) in [5.41, 5.74) is 0.524. The summed E-state index contributed by atoms with van der Waals surface area (Å²) >= 11 is 0. The van der Waals surface area contributed by atoms with Crippen molar-refractivity contribution in [3.8, 4) is 0 Å². The van der Waals surface area contributed by atoms with E-state index in [-0.39, 0.29) is 17.8 Å². The number of nitro groups is 1. The molecule has 1 aromatic carbocycles. The minimum Gasteiger partial charge on any atom is -0.373 e. The number of non-ortho nitro benzene ring substituents is 1. The zero-order chi connectivity index (χ0) is 15.2. The fourth-order valence-corrected chi connectivity index (χ4v) is 2.12. The number of rotatable bonds is 4. The highest BCUT2D eigenvalue weighted by molar-refractivity contribution is 5.89. The number of amides is 2.